The summed E-state index contributed by atoms with van der Waals surface area (Å²) in [4.78, 5) is 0. The van der Waals surface area contributed by atoms with Crippen molar-refractivity contribution >= 4 is 15.9 Å². The van der Waals surface area contributed by atoms with Crippen LogP contribution in [0.4, 0.5) is 4.39 Å². The molecule has 0 aromatic heterocycles. The highest BCUT2D eigenvalue weighted by Gasteiger charge is 2.13. The first-order chi connectivity index (χ1) is 6.56. The third-order valence-electron chi connectivity index (χ3n) is 2.25. The van der Waals surface area contributed by atoms with Gasteiger partial charge >= 0.3 is 0 Å². The second-order valence-electron chi connectivity index (χ2n) is 3.52. The van der Waals surface area contributed by atoms with Crippen molar-refractivity contribution < 1.29 is 4.39 Å². The molecular weight excluding hydrogens is 245 g/mol. The number of benzene rings is 1. The molecule has 0 radical (unpaired) electrons. The molecule has 0 fully saturated rings. The van der Waals surface area contributed by atoms with Crippen molar-refractivity contribution in [1.29, 1.82) is 0 Å². The first-order valence-electron chi connectivity index (χ1n) is 4.77. The van der Waals surface area contributed by atoms with Crippen LogP contribution in [0.15, 0.2) is 16.6 Å². The van der Waals surface area contributed by atoms with Crippen LogP contribution in [0, 0.1) is 12.7 Å². The smallest absolute Gasteiger partial charge is 0.130 e. The molecule has 0 heterocycles. The lowest BCUT2D eigenvalue weighted by atomic mass is 10.0. The minimum Gasteiger partial charge on any atom is -0.324 e. The third-order valence-corrected chi connectivity index (χ3v) is 2.70. The summed E-state index contributed by atoms with van der Waals surface area (Å²) in [7, 11) is 0. The van der Waals surface area contributed by atoms with Gasteiger partial charge in [-0.2, -0.15) is 0 Å². The SMILES string of the molecule is CCC[C@@H](N)c1cc(Br)cc(C)c1F. The Morgan fingerprint density at radius 1 is 1.50 bits per heavy atom. The van der Waals surface area contributed by atoms with E-state index in [1.807, 2.05) is 6.92 Å². The molecule has 0 aliphatic carbocycles. The number of hydrogen-bond acceptors (Lipinski definition) is 1. The van der Waals surface area contributed by atoms with Gasteiger partial charge in [-0.25, -0.2) is 4.39 Å². The van der Waals surface area contributed by atoms with Gasteiger partial charge in [-0.3, -0.25) is 0 Å². The van der Waals surface area contributed by atoms with Crippen LogP contribution in [0.25, 0.3) is 0 Å². The minimum absolute atomic E-state index is 0.172. The van der Waals surface area contributed by atoms with E-state index in [1.54, 1.807) is 19.1 Å². The quantitative estimate of drug-likeness (QED) is 0.881. The molecule has 0 unspecified atom stereocenters. The maximum atomic E-state index is 13.7. The van der Waals surface area contributed by atoms with Gasteiger partial charge in [-0.15, -0.1) is 0 Å². The van der Waals surface area contributed by atoms with Gasteiger partial charge in [0.05, 0.1) is 0 Å². The van der Waals surface area contributed by atoms with E-state index in [2.05, 4.69) is 15.9 Å². The molecule has 1 nitrogen and oxygen atoms in total. The maximum Gasteiger partial charge on any atom is 0.130 e. The second kappa shape index (κ2) is 4.89. The van der Waals surface area contributed by atoms with Gasteiger partial charge in [0.15, 0.2) is 0 Å². The van der Waals surface area contributed by atoms with Crippen LogP contribution in [-0.4, -0.2) is 0 Å². The van der Waals surface area contributed by atoms with Gasteiger partial charge in [-0.1, -0.05) is 29.3 Å². The van der Waals surface area contributed by atoms with Crippen LogP contribution in [0.2, 0.25) is 0 Å². The van der Waals surface area contributed by atoms with E-state index < -0.39 is 0 Å². The molecule has 0 aliphatic rings. The van der Waals surface area contributed by atoms with Crippen molar-refractivity contribution in [2.24, 2.45) is 5.73 Å². The zero-order valence-corrected chi connectivity index (χ0v) is 10.1. The Labute approximate surface area is 92.6 Å². The number of halogens is 2. The molecule has 0 saturated heterocycles. The lowest BCUT2D eigenvalue weighted by Gasteiger charge is -2.13. The third kappa shape index (κ3) is 2.55. The standard InChI is InChI=1S/C11H15BrFN/c1-3-4-10(14)9-6-8(12)5-7(2)11(9)13/h5-6,10H,3-4,14H2,1-2H3/t10-/m1/s1. The fraction of sp³-hybridized carbons (Fsp3) is 0.455. The Balaban J connectivity index is 3.07. The number of aryl methyl sites for hydroxylation is 1. The molecule has 2 N–H and O–H groups in total. The van der Waals surface area contributed by atoms with E-state index in [4.69, 9.17) is 5.73 Å². The maximum absolute atomic E-state index is 13.7. The molecule has 0 spiro atoms. The lowest BCUT2D eigenvalue weighted by molar-refractivity contribution is 0.553. The first-order valence-corrected chi connectivity index (χ1v) is 5.56. The van der Waals surface area contributed by atoms with Crippen LogP contribution in [0.1, 0.15) is 36.9 Å². The van der Waals surface area contributed by atoms with Crippen LogP contribution in [-0.2, 0) is 0 Å². The number of nitrogens with two attached hydrogens (primary N) is 1. The molecular formula is C11H15BrFN. The summed E-state index contributed by atoms with van der Waals surface area (Å²) in [6, 6.07) is 3.33. The molecule has 1 rings (SSSR count). The van der Waals surface area contributed by atoms with Crippen molar-refractivity contribution in [2.75, 3.05) is 0 Å². The Kier molecular flexibility index (Phi) is 4.08. The van der Waals surface area contributed by atoms with E-state index in [0.29, 0.717) is 11.1 Å². The fourth-order valence-electron chi connectivity index (χ4n) is 1.49. The van der Waals surface area contributed by atoms with Gasteiger partial charge in [0.1, 0.15) is 5.82 Å². The Morgan fingerprint density at radius 2 is 2.14 bits per heavy atom. The summed E-state index contributed by atoms with van der Waals surface area (Å²) in [5.41, 5.74) is 7.13. The normalized spacial score (nSPS) is 12.9. The van der Waals surface area contributed by atoms with Crippen LogP contribution >= 0.6 is 15.9 Å². The topological polar surface area (TPSA) is 26.0 Å². The molecule has 0 saturated carbocycles. The van der Waals surface area contributed by atoms with Gasteiger partial charge in [-0.05, 0) is 31.0 Å². The first kappa shape index (κ1) is 11.7. The zero-order valence-electron chi connectivity index (χ0n) is 8.48. The van der Waals surface area contributed by atoms with Crippen molar-refractivity contribution in [3.05, 3.63) is 33.5 Å². The summed E-state index contributed by atoms with van der Waals surface area (Å²) in [6.45, 7) is 3.80. The lowest BCUT2D eigenvalue weighted by Crippen LogP contribution is -2.12. The minimum atomic E-state index is -0.198. The summed E-state index contributed by atoms with van der Waals surface area (Å²) < 4.78 is 14.5. The van der Waals surface area contributed by atoms with E-state index in [9.17, 15) is 4.39 Å². The molecule has 1 aromatic carbocycles. The Hall–Kier alpha value is -0.410. The van der Waals surface area contributed by atoms with Gasteiger partial charge in [0.2, 0.25) is 0 Å². The highest BCUT2D eigenvalue weighted by molar-refractivity contribution is 9.10. The van der Waals surface area contributed by atoms with Crippen molar-refractivity contribution in [3.63, 3.8) is 0 Å². The summed E-state index contributed by atoms with van der Waals surface area (Å²) in [6.07, 6.45) is 1.78. The van der Waals surface area contributed by atoms with Crippen LogP contribution < -0.4 is 5.73 Å². The molecule has 0 aliphatic heterocycles. The monoisotopic (exact) mass is 259 g/mol. The van der Waals surface area contributed by atoms with Crippen molar-refractivity contribution in [2.45, 2.75) is 32.7 Å². The zero-order chi connectivity index (χ0) is 10.7. The molecule has 78 valence electrons. The van der Waals surface area contributed by atoms with E-state index in [1.165, 1.54) is 0 Å². The summed E-state index contributed by atoms with van der Waals surface area (Å²) >= 11 is 3.34. The van der Waals surface area contributed by atoms with Crippen molar-refractivity contribution in [1.82, 2.24) is 0 Å². The molecule has 1 aromatic rings. The van der Waals surface area contributed by atoms with Crippen LogP contribution in [0.3, 0.4) is 0 Å². The Morgan fingerprint density at radius 3 is 2.71 bits per heavy atom. The second-order valence-corrected chi connectivity index (χ2v) is 4.44. The number of rotatable bonds is 3. The van der Waals surface area contributed by atoms with Gasteiger partial charge in [0, 0.05) is 16.1 Å². The number of hydrogen-bond donors (Lipinski definition) is 1. The highest BCUT2D eigenvalue weighted by Crippen LogP contribution is 2.25. The summed E-state index contributed by atoms with van der Waals surface area (Å²) in [5.74, 6) is -0.172. The molecule has 3 heteroatoms. The van der Waals surface area contributed by atoms with E-state index in [-0.39, 0.29) is 11.9 Å². The molecule has 0 bridgehead atoms. The molecule has 14 heavy (non-hydrogen) atoms. The van der Waals surface area contributed by atoms with Crippen molar-refractivity contribution in [3.8, 4) is 0 Å². The van der Waals surface area contributed by atoms with E-state index in [0.717, 1.165) is 17.3 Å². The van der Waals surface area contributed by atoms with Gasteiger partial charge in [0.25, 0.3) is 0 Å². The van der Waals surface area contributed by atoms with E-state index >= 15 is 0 Å². The Bertz CT molecular complexity index is 325. The average molecular weight is 260 g/mol. The molecule has 1 atom stereocenters. The highest BCUT2D eigenvalue weighted by atomic mass is 79.9. The summed E-state index contributed by atoms with van der Waals surface area (Å²) in [5, 5.41) is 0. The predicted molar refractivity (Wildman–Crippen MR) is 60.7 cm³/mol. The average Bonchev–Trinajstić information content (AvgIpc) is 2.11. The van der Waals surface area contributed by atoms with Gasteiger partial charge < -0.3 is 5.73 Å². The predicted octanol–water partition coefficient (Wildman–Crippen LogP) is 3.70. The van der Waals surface area contributed by atoms with Crippen LogP contribution in [0.5, 0.6) is 0 Å². The largest absolute Gasteiger partial charge is 0.324 e. The molecule has 0 amide bonds. The fourth-order valence-corrected chi connectivity index (χ4v) is 2.08.